The number of carbonyl (C=O) groups excluding carboxylic acids is 1. The van der Waals surface area contributed by atoms with Crippen molar-refractivity contribution in [2.75, 3.05) is 6.54 Å². The predicted octanol–water partition coefficient (Wildman–Crippen LogP) is 2.76. The van der Waals surface area contributed by atoms with Crippen LogP contribution in [0.2, 0.25) is 5.02 Å². The molecule has 0 radical (unpaired) electrons. The van der Waals surface area contributed by atoms with E-state index in [1.807, 2.05) is 24.3 Å². The monoisotopic (exact) mass is 237 g/mol. The smallest absolute Gasteiger partial charge is 0.138 e. The van der Waals surface area contributed by atoms with Crippen LogP contribution in [0.3, 0.4) is 0 Å². The molecule has 1 aromatic carbocycles. The highest BCUT2D eigenvalue weighted by Gasteiger charge is 2.24. The molecule has 1 N–H and O–H groups in total. The summed E-state index contributed by atoms with van der Waals surface area (Å²) in [5.41, 5.74) is 1.05. The van der Waals surface area contributed by atoms with Crippen molar-refractivity contribution >= 4 is 17.4 Å². The molecule has 2 rings (SSSR count). The molecular weight excluding hydrogens is 222 g/mol. The molecule has 0 spiro atoms. The lowest BCUT2D eigenvalue weighted by molar-refractivity contribution is -0.118. The Bertz CT molecular complexity index is 370. The first-order chi connectivity index (χ1) is 7.66. The summed E-state index contributed by atoms with van der Waals surface area (Å²) >= 11 is 5.83. The Labute approximate surface area is 101 Å². The molecule has 1 unspecified atom stereocenters. The van der Waals surface area contributed by atoms with Crippen molar-refractivity contribution in [2.24, 2.45) is 0 Å². The van der Waals surface area contributed by atoms with Gasteiger partial charge in [0.1, 0.15) is 5.78 Å². The summed E-state index contributed by atoms with van der Waals surface area (Å²) in [6, 6.07) is 8.18. The largest absolute Gasteiger partial charge is 0.313 e. The summed E-state index contributed by atoms with van der Waals surface area (Å²) in [4.78, 5) is 11.6. The molecule has 0 heterocycles. The van der Waals surface area contributed by atoms with E-state index in [0.29, 0.717) is 11.1 Å². The fourth-order valence-electron chi connectivity index (χ4n) is 1.76. The third-order valence-corrected chi connectivity index (χ3v) is 3.20. The fourth-order valence-corrected chi connectivity index (χ4v) is 1.89. The highest BCUT2D eigenvalue weighted by atomic mass is 35.5. The molecule has 1 saturated carbocycles. The lowest BCUT2D eigenvalue weighted by atomic mass is 9.95. The molecule has 1 fully saturated rings. The van der Waals surface area contributed by atoms with E-state index in [1.54, 1.807) is 6.92 Å². The molecule has 1 aliphatic rings. The summed E-state index contributed by atoms with van der Waals surface area (Å²) in [5.74, 6) is 0.160. The van der Waals surface area contributed by atoms with Crippen molar-refractivity contribution < 1.29 is 4.79 Å². The summed E-state index contributed by atoms with van der Waals surface area (Å²) < 4.78 is 0. The van der Waals surface area contributed by atoms with Gasteiger partial charge in [0.05, 0.1) is 5.92 Å². The molecule has 1 atom stereocenters. The van der Waals surface area contributed by atoms with Crippen LogP contribution in [0.4, 0.5) is 0 Å². The zero-order chi connectivity index (χ0) is 11.5. The van der Waals surface area contributed by atoms with Crippen LogP contribution in [-0.2, 0) is 4.79 Å². The van der Waals surface area contributed by atoms with E-state index < -0.39 is 0 Å². The van der Waals surface area contributed by atoms with Gasteiger partial charge >= 0.3 is 0 Å². The molecule has 1 aliphatic carbocycles. The van der Waals surface area contributed by atoms with E-state index in [1.165, 1.54) is 12.8 Å². The molecule has 0 bridgehead atoms. The third-order valence-electron chi connectivity index (χ3n) is 2.95. The molecule has 0 aromatic heterocycles. The van der Waals surface area contributed by atoms with Gasteiger partial charge in [-0.15, -0.1) is 0 Å². The van der Waals surface area contributed by atoms with Crippen molar-refractivity contribution in [2.45, 2.75) is 31.7 Å². The number of ketones is 1. The first-order valence-corrected chi connectivity index (χ1v) is 6.04. The van der Waals surface area contributed by atoms with Crippen molar-refractivity contribution in [1.29, 1.82) is 0 Å². The molecule has 3 heteroatoms. The van der Waals surface area contributed by atoms with Crippen LogP contribution in [0.25, 0.3) is 0 Å². The SMILES string of the molecule is CC(=O)C(CNC1CC1)c1ccc(Cl)cc1. The second-order valence-electron chi connectivity index (χ2n) is 4.40. The highest BCUT2D eigenvalue weighted by molar-refractivity contribution is 6.30. The maximum absolute atomic E-state index is 11.6. The minimum Gasteiger partial charge on any atom is -0.313 e. The Hall–Kier alpha value is -0.860. The quantitative estimate of drug-likeness (QED) is 0.853. The summed E-state index contributed by atoms with van der Waals surface area (Å²) in [6.07, 6.45) is 2.48. The molecule has 86 valence electrons. The predicted molar refractivity (Wildman–Crippen MR) is 65.9 cm³/mol. The van der Waals surface area contributed by atoms with E-state index in [-0.39, 0.29) is 11.7 Å². The van der Waals surface area contributed by atoms with E-state index >= 15 is 0 Å². The topological polar surface area (TPSA) is 29.1 Å². The Kier molecular flexibility index (Phi) is 3.62. The average Bonchev–Trinajstić information content (AvgIpc) is 3.04. The van der Waals surface area contributed by atoms with E-state index in [0.717, 1.165) is 12.1 Å². The van der Waals surface area contributed by atoms with Crippen LogP contribution in [0.1, 0.15) is 31.2 Å². The van der Waals surface area contributed by atoms with Crippen molar-refractivity contribution in [1.82, 2.24) is 5.32 Å². The lowest BCUT2D eigenvalue weighted by Crippen LogP contribution is -2.27. The van der Waals surface area contributed by atoms with E-state index in [4.69, 9.17) is 11.6 Å². The number of benzene rings is 1. The summed E-state index contributed by atoms with van der Waals surface area (Å²) in [5, 5.41) is 4.11. The second-order valence-corrected chi connectivity index (χ2v) is 4.83. The van der Waals surface area contributed by atoms with Crippen LogP contribution < -0.4 is 5.32 Å². The first kappa shape index (κ1) is 11.6. The number of Topliss-reactive ketones (excluding diaryl/α,β-unsaturated/α-hetero) is 1. The Morgan fingerprint density at radius 3 is 2.56 bits per heavy atom. The Morgan fingerprint density at radius 1 is 1.44 bits per heavy atom. The van der Waals surface area contributed by atoms with Gasteiger partial charge < -0.3 is 5.32 Å². The number of nitrogens with one attached hydrogen (secondary N) is 1. The van der Waals surface area contributed by atoms with Crippen LogP contribution in [0.15, 0.2) is 24.3 Å². The van der Waals surface area contributed by atoms with Gasteiger partial charge in [-0.25, -0.2) is 0 Å². The molecule has 0 aliphatic heterocycles. The second kappa shape index (κ2) is 4.98. The maximum atomic E-state index is 11.6. The van der Waals surface area contributed by atoms with Crippen LogP contribution in [-0.4, -0.2) is 18.4 Å². The highest BCUT2D eigenvalue weighted by Crippen LogP contribution is 2.22. The molecule has 2 nitrogen and oxygen atoms in total. The van der Waals surface area contributed by atoms with E-state index in [2.05, 4.69) is 5.32 Å². The minimum absolute atomic E-state index is 0.0436. The van der Waals surface area contributed by atoms with Gasteiger partial charge in [0, 0.05) is 17.6 Å². The third kappa shape index (κ3) is 3.06. The normalized spacial score (nSPS) is 17.1. The van der Waals surface area contributed by atoms with Crippen LogP contribution in [0, 0.1) is 0 Å². The number of halogens is 1. The number of hydrogen-bond acceptors (Lipinski definition) is 2. The van der Waals surface area contributed by atoms with Crippen molar-refractivity contribution in [3.05, 3.63) is 34.9 Å². The van der Waals surface area contributed by atoms with E-state index in [9.17, 15) is 4.79 Å². The van der Waals surface area contributed by atoms with Gasteiger partial charge in [-0.2, -0.15) is 0 Å². The number of hydrogen-bond donors (Lipinski definition) is 1. The average molecular weight is 238 g/mol. The van der Waals surface area contributed by atoms with Crippen LogP contribution >= 0.6 is 11.6 Å². The lowest BCUT2D eigenvalue weighted by Gasteiger charge is -2.15. The van der Waals surface area contributed by atoms with Crippen molar-refractivity contribution in [3.8, 4) is 0 Å². The Balaban J connectivity index is 2.04. The summed E-state index contributed by atoms with van der Waals surface area (Å²) in [7, 11) is 0. The van der Waals surface area contributed by atoms with Gasteiger partial charge in [-0.3, -0.25) is 4.79 Å². The molecule has 1 aromatic rings. The van der Waals surface area contributed by atoms with Gasteiger partial charge in [0.25, 0.3) is 0 Å². The first-order valence-electron chi connectivity index (χ1n) is 5.66. The zero-order valence-corrected chi connectivity index (χ0v) is 10.1. The summed E-state index contributed by atoms with van der Waals surface area (Å²) in [6.45, 7) is 2.38. The van der Waals surface area contributed by atoms with Gasteiger partial charge in [0.2, 0.25) is 0 Å². The minimum atomic E-state index is -0.0436. The number of rotatable bonds is 5. The zero-order valence-electron chi connectivity index (χ0n) is 9.37. The molecule has 0 saturated heterocycles. The molecule has 16 heavy (non-hydrogen) atoms. The maximum Gasteiger partial charge on any atom is 0.138 e. The molecular formula is C13H16ClNO. The standard InChI is InChI=1S/C13H16ClNO/c1-9(16)13(8-15-12-6-7-12)10-2-4-11(14)5-3-10/h2-5,12-13,15H,6-8H2,1H3. The van der Waals surface area contributed by atoms with Gasteiger partial charge in [-0.05, 0) is 37.5 Å². The van der Waals surface area contributed by atoms with Crippen molar-refractivity contribution in [3.63, 3.8) is 0 Å². The fraction of sp³-hybridized carbons (Fsp3) is 0.462. The van der Waals surface area contributed by atoms with Gasteiger partial charge in [-0.1, -0.05) is 23.7 Å². The van der Waals surface area contributed by atoms with Gasteiger partial charge in [0.15, 0.2) is 0 Å². The number of carbonyl (C=O) groups is 1. The molecule has 0 amide bonds. The van der Waals surface area contributed by atoms with Crippen LogP contribution in [0.5, 0.6) is 0 Å². The Morgan fingerprint density at radius 2 is 2.06 bits per heavy atom.